The number of sulfone groups is 1. The van der Waals surface area contributed by atoms with E-state index in [4.69, 9.17) is 17.3 Å². The Labute approximate surface area is 99.1 Å². The van der Waals surface area contributed by atoms with Crippen molar-refractivity contribution in [2.24, 2.45) is 0 Å². The van der Waals surface area contributed by atoms with Crippen LogP contribution in [0.2, 0.25) is 5.28 Å². The molecule has 0 aliphatic carbocycles. The van der Waals surface area contributed by atoms with Crippen molar-refractivity contribution in [3.63, 3.8) is 0 Å². The van der Waals surface area contributed by atoms with Gasteiger partial charge in [-0.15, -0.1) is 0 Å². The Bertz CT molecular complexity index is 489. The van der Waals surface area contributed by atoms with E-state index in [1.165, 1.54) is 0 Å². The molecule has 16 heavy (non-hydrogen) atoms. The molecule has 8 heteroatoms. The van der Waals surface area contributed by atoms with Gasteiger partial charge < -0.3 is 11.1 Å². The second kappa shape index (κ2) is 4.84. The van der Waals surface area contributed by atoms with Crippen molar-refractivity contribution < 1.29 is 8.42 Å². The maximum Gasteiger partial charge on any atom is 0.224 e. The maximum absolute atomic E-state index is 10.9. The number of nitrogen functional groups attached to an aromatic ring is 1. The fraction of sp³-hybridized carbons (Fsp3) is 0.500. The monoisotopic (exact) mass is 264 g/mol. The Balaban J connectivity index is 2.75. The first-order valence-corrected chi connectivity index (χ1v) is 6.94. The minimum absolute atomic E-state index is 0.00705. The van der Waals surface area contributed by atoms with Gasteiger partial charge in [0.2, 0.25) is 5.28 Å². The summed E-state index contributed by atoms with van der Waals surface area (Å²) in [7, 11) is -3.01. The van der Waals surface area contributed by atoms with Gasteiger partial charge in [-0.25, -0.2) is 13.4 Å². The number of nitrogens with two attached hydrogens (primary N) is 1. The molecule has 0 atom stereocenters. The molecule has 0 aliphatic heterocycles. The number of nitrogens with one attached hydrogen (secondary N) is 1. The number of hydrogen-bond donors (Lipinski definition) is 2. The smallest absolute Gasteiger partial charge is 0.224 e. The summed E-state index contributed by atoms with van der Waals surface area (Å²) in [6.07, 6.45) is 1.16. The molecule has 0 fully saturated rings. The van der Waals surface area contributed by atoms with Crippen molar-refractivity contribution in [1.29, 1.82) is 0 Å². The van der Waals surface area contributed by atoms with Crippen LogP contribution in [0.1, 0.15) is 5.69 Å². The number of nitrogens with zero attached hydrogens (tertiary/aromatic N) is 2. The summed E-state index contributed by atoms with van der Waals surface area (Å²) in [4.78, 5) is 7.74. The molecule has 0 unspecified atom stereocenters. The van der Waals surface area contributed by atoms with E-state index in [0.717, 1.165) is 6.26 Å². The third-order valence-corrected chi connectivity index (χ3v) is 2.99. The van der Waals surface area contributed by atoms with Crippen molar-refractivity contribution in [3.05, 3.63) is 11.0 Å². The van der Waals surface area contributed by atoms with Crippen LogP contribution in [0, 0.1) is 6.92 Å². The van der Waals surface area contributed by atoms with Gasteiger partial charge in [0.1, 0.15) is 9.84 Å². The molecule has 0 bridgehead atoms. The predicted molar refractivity (Wildman–Crippen MR) is 64.4 cm³/mol. The Morgan fingerprint density at radius 1 is 1.44 bits per heavy atom. The van der Waals surface area contributed by atoms with Gasteiger partial charge in [-0.2, -0.15) is 4.98 Å². The van der Waals surface area contributed by atoms with Crippen LogP contribution in [0.3, 0.4) is 0 Å². The fourth-order valence-electron chi connectivity index (χ4n) is 1.04. The van der Waals surface area contributed by atoms with Gasteiger partial charge in [0.05, 0.1) is 17.1 Å². The molecule has 1 aromatic heterocycles. The van der Waals surface area contributed by atoms with E-state index in [1.54, 1.807) is 6.92 Å². The second-order valence-electron chi connectivity index (χ2n) is 3.40. The van der Waals surface area contributed by atoms with Crippen molar-refractivity contribution in [3.8, 4) is 0 Å². The van der Waals surface area contributed by atoms with Crippen molar-refractivity contribution in [1.82, 2.24) is 9.97 Å². The molecule has 0 aromatic carbocycles. The van der Waals surface area contributed by atoms with Crippen LogP contribution in [0.5, 0.6) is 0 Å². The Kier molecular flexibility index (Phi) is 3.93. The zero-order chi connectivity index (χ0) is 12.3. The first kappa shape index (κ1) is 13.0. The standard InChI is InChI=1S/C8H13ClN4O2S/c1-5-6(10)7(13-8(9)12-5)11-3-4-16(2,14)15/h3-4,10H2,1-2H3,(H,11,12,13). The summed E-state index contributed by atoms with van der Waals surface area (Å²) < 4.78 is 21.8. The van der Waals surface area contributed by atoms with Gasteiger partial charge in [0.15, 0.2) is 5.82 Å². The number of rotatable bonds is 4. The minimum atomic E-state index is -3.01. The van der Waals surface area contributed by atoms with Crippen LogP contribution >= 0.6 is 11.6 Å². The normalized spacial score (nSPS) is 11.4. The molecule has 6 nitrogen and oxygen atoms in total. The summed E-state index contributed by atoms with van der Waals surface area (Å²) in [5, 5.41) is 2.89. The molecule has 0 radical (unpaired) electrons. The summed E-state index contributed by atoms with van der Waals surface area (Å²) in [5.41, 5.74) is 6.64. The number of hydrogen-bond acceptors (Lipinski definition) is 6. The molecule has 90 valence electrons. The van der Waals surface area contributed by atoms with E-state index in [1.807, 2.05) is 0 Å². The summed E-state index contributed by atoms with van der Waals surface area (Å²) in [6, 6.07) is 0. The third kappa shape index (κ3) is 3.82. The van der Waals surface area contributed by atoms with Crippen LogP contribution in [0.15, 0.2) is 0 Å². The van der Waals surface area contributed by atoms with Gasteiger partial charge in [0, 0.05) is 12.8 Å². The third-order valence-electron chi connectivity index (χ3n) is 1.87. The van der Waals surface area contributed by atoms with Crippen molar-refractivity contribution in [2.75, 3.05) is 29.6 Å². The van der Waals surface area contributed by atoms with Crippen LogP contribution in [-0.4, -0.2) is 36.9 Å². The summed E-state index contributed by atoms with van der Waals surface area (Å²) in [5.74, 6) is 0.369. The summed E-state index contributed by atoms with van der Waals surface area (Å²) >= 11 is 5.65. The van der Waals surface area contributed by atoms with E-state index in [2.05, 4.69) is 15.3 Å². The average molecular weight is 265 g/mol. The van der Waals surface area contributed by atoms with Gasteiger partial charge >= 0.3 is 0 Å². The van der Waals surface area contributed by atoms with E-state index in [9.17, 15) is 8.42 Å². The number of anilines is 2. The van der Waals surface area contributed by atoms with Crippen molar-refractivity contribution >= 4 is 32.9 Å². The zero-order valence-electron chi connectivity index (χ0n) is 8.99. The molecule has 1 aromatic rings. The molecular formula is C8H13ClN4O2S. The SMILES string of the molecule is Cc1nc(Cl)nc(NCCS(C)(=O)=O)c1N. The molecule has 0 aliphatic rings. The molecule has 0 saturated heterocycles. The largest absolute Gasteiger partial charge is 0.394 e. The maximum atomic E-state index is 10.9. The zero-order valence-corrected chi connectivity index (χ0v) is 10.6. The highest BCUT2D eigenvalue weighted by molar-refractivity contribution is 7.90. The first-order valence-electron chi connectivity index (χ1n) is 4.51. The lowest BCUT2D eigenvalue weighted by atomic mass is 10.3. The molecule has 1 rings (SSSR count). The summed E-state index contributed by atoms with van der Waals surface area (Å²) in [6.45, 7) is 1.93. The van der Waals surface area contributed by atoms with E-state index < -0.39 is 9.84 Å². The van der Waals surface area contributed by atoms with Gasteiger partial charge in [-0.05, 0) is 18.5 Å². The number of halogens is 1. The second-order valence-corrected chi connectivity index (χ2v) is 5.99. The van der Waals surface area contributed by atoms with E-state index in [-0.39, 0.29) is 17.6 Å². The molecule has 0 amide bonds. The fourth-order valence-corrected chi connectivity index (χ4v) is 1.72. The van der Waals surface area contributed by atoms with Gasteiger partial charge in [0.25, 0.3) is 0 Å². The van der Waals surface area contributed by atoms with Gasteiger partial charge in [-0.3, -0.25) is 0 Å². The molecule has 3 N–H and O–H groups in total. The number of aromatic nitrogens is 2. The highest BCUT2D eigenvalue weighted by Crippen LogP contribution is 2.20. The Morgan fingerprint density at radius 3 is 2.62 bits per heavy atom. The van der Waals surface area contributed by atoms with Crippen LogP contribution in [0.25, 0.3) is 0 Å². The topological polar surface area (TPSA) is 98.0 Å². The van der Waals surface area contributed by atoms with Crippen LogP contribution in [0.4, 0.5) is 11.5 Å². The highest BCUT2D eigenvalue weighted by atomic mass is 35.5. The molecule has 0 spiro atoms. The average Bonchev–Trinajstić information content (AvgIpc) is 2.11. The lowest BCUT2D eigenvalue weighted by Crippen LogP contribution is -2.16. The molecule has 0 saturated carbocycles. The predicted octanol–water partition coefficient (Wildman–Crippen LogP) is 0.477. The quantitative estimate of drug-likeness (QED) is 0.768. The molecule has 1 heterocycles. The number of aryl methyl sites for hydroxylation is 1. The Hall–Kier alpha value is -1.08. The first-order chi connectivity index (χ1) is 7.29. The van der Waals surface area contributed by atoms with Crippen molar-refractivity contribution in [2.45, 2.75) is 6.92 Å². The Morgan fingerprint density at radius 2 is 2.06 bits per heavy atom. The van der Waals surface area contributed by atoms with Gasteiger partial charge in [-0.1, -0.05) is 0 Å². The van der Waals surface area contributed by atoms with Crippen LogP contribution in [-0.2, 0) is 9.84 Å². The van der Waals surface area contributed by atoms with E-state index >= 15 is 0 Å². The minimum Gasteiger partial charge on any atom is -0.394 e. The lowest BCUT2D eigenvalue weighted by molar-refractivity contribution is 0.602. The lowest BCUT2D eigenvalue weighted by Gasteiger charge is -2.09. The van der Waals surface area contributed by atoms with Crippen LogP contribution < -0.4 is 11.1 Å². The molecular weight excluding hydrogens is 252 g/mol. The van der Waals surface area contributed by atoms with E-state index in [0.29, 0.717) is 17.2 Å². The highest BCUT2D eigenvalue weighted by Gasteiger charge is 2.08.